The minimum absolute atomic E-state index is 0.719. The molecule has 0 aliphatic rings. The highest BCUT2D eigenvalue weighted by Crippen LogP contribution is 2.23. The number of aryl methyl sites for hydroxylation is 2. The first-order chi connectivity index (χ1) is 8.26. The van der Waals surface area contributed by atoms with Gasteiger partial charge < -0.3 is 5.32 Å². The molecule has 0 atom stereocenters. The van der Waals surface area contributed by atoms with Gasteiger partial charge in [0.15, 0.2) is 0 Å². The molecule has 0 aliphatic carbocycles. The Morgan fingerprint density at radius 3 is 2.88 bits per heavy atom. The molecule has 2 rings (SSSR count). The second kappa shape index (κ2) is 5.56. The third-order valence-electron chi connectivity index (χ3n) is 2.68. The standard InChI is InChI=1S/C12H16ClN3S/c1-3-10-12(13)11(16(4-2)15-10)7-14-9-5-6-17-8-9/h5-6,8,14H,3-4,7H2,1-2H3. The van der Waals surface area contributed by atoms with Crippen molar-refractivity contribution in [1.29, 1.82) is 0 Å². The highest BCUT2D eigenvalue weighted by molar-refractivity contribution is 7.08. The average molecular weight is 270 g/mol. The van der Waals surface area contributed by atoms with Crippen LogP contribution >= 0.6 is 22.9 Å². The van der Waals surface area contributed by atoms with Gasteiger partial charge in [-0.2, -0.15) is 16.4 Å². The minimum Gasteiger partial charge on any atom is -0.379 e. The van der Waals surface area contributed by atoms with E-state index in [0.717, 1.165) is 41.6 Å². The van der Waals surface area contributed by atoms with E-state index in [9.17, 15) is 0 Å². The lowest BCUT2D eigenvalue weighted by Crippen LogP contribution is -2.07. The van der Waals surface area contributed by atoms with Crippen LogP contribution in [0.5, 0.6) is 0 Å². The molecular formula is C12H16ClN3S. The second-order valence-corrected chi connectivity index (χ2v) is 4.90. The topological polar surface area (TPSA) is 29.9 Å². The van der Waals surface area contributed by atoms with Gasteiger partial charge in [-0.1, -0.05) is 18.5 Å². The molecule has 0 unspecified atom stereocenters. The Bertz CT molecular complexity index is 476. The summed E-state index contributed by atoms with van der Waals surface area (Å²) in [6.45, 7) is 5.72. The summed E-state index contributed by atoms with van der Waals surface area (Å²) < 4.78 is 1.97. The predicted octanol–water partition coefficient (Wildman–Crippen LogP) is 3.79. The lowest BCUT2D eigenvalue weighted by molar-refractivity contribution is 0.619. The van der Waals surface area contributed by atoms with Crippen molar-refractivity contribution < 1.29 is 0 Å². The number of aromatic nitrogens is 2. The molecule has 5 heteroatoms. The molecule has 0 saturated heterocycles. The molecule has 0 amide bonds. The van der Waals surface area contributed by atoms with Crippen LogP contribution in [-0.4, -0.2) is 9.78 Å². The lowest BCUT2D eigenvalue weighted by Gasteiger charge is -2.06. The Morgan fingerprint density at radius 2 is 2.29 bits per heavy atom. The summed E-state index contributed by atoms with van der Waals surface area (Å²) in [5, 5.41) is 12.8. The summed E-state index contributed by atoms with van der Waals surface area (Å²) >= 11 is 8.01. The maximum atomic E-state index is 6.33. The zero-order valence-corrected chi connectivity index (χ0v) is 11.6. The van der Waals surface area contributed by atoms with E-state index in [-0.39, 0.29) is 0 Å². The van der Waals surface area contributed by atoms with Crippen LogP contribution in [0.2, 0.25) is 5.02 Å². The van der Waals surface area contributed by atoms with E-state index in [2.05, 4.69) is 41.1 Å². The molecule has 0 fully saturated rings. The number of hydrogen-bond donors (Lipinski definition) is 1. The van der Waals surface area contributed by atoms with Gasteiger partial charge in [-0.3, -0.25) is 4.68 Å². The number of hydrogen-bond acceptors (Lipinski definition) is 3. The molecular weight excluding hydrogens is 254 g/mol. The number of rotatable bonds is 5. The quantitative estimate of drug-likeness (QED) is 0.895. The number of nitrogens with zero attached hydrogens (tertiary/aromatic N) is 2. The van der Waals surface area contributed by atoms with Gasteiger partial charge in [-0.05, 0) is 24.8 Å². The van der Waals surface area contributed by atoms with Crippen LogP contribution in [0, 0.1) is 0 Å². The van der Waals surface area contributed by atoms with Crippen LogP contribution in [0.25, 0.3) is 0 Å². The average Bonchev–Trinajstić information content (AvgIpc) is 2.94. The fourth-order valence-corrected chi connectivity index (χ4v) is 2.69. The molecule has 2 heterocycles. The maximum Gasteiger partial charge on any atom is 0.0868 e. The zero-order chi connectivity index (χ0) is 12.3. The molecule has 0 aromatic carbocycles. The molecule has 1 N–H and O–H groups in total. The van der Waals surface area contributed by atoms with Crippen LogP contribution in [0.3, 0.4) is 0 Å². The van der Waals surface area contributed by atoms with Crippen molar-refractivity contribution in [2.24, 2.45) is 0 Å². The second-order valence-electron chi connectivity index (χ2n) is 3.74. The Balaban J connectivity index is 2.16. The molecule has 17 heavy (non-hydrogen) atoms. The van der Waals surface area contributed by atoms with Crippen molar-refractivity contribution >= 4 is 28.6 Å². The summed E-state index contributed by atoms with van der Waals surface area (Å²) in [4.78, 5) is 0. The molecule has 0 spiro atoms. The van der Waals surface area contributed by atoms with Crippen molar-refractivity contribution in [2.45, 2.75) is 33.4 Å². The van der Waals surface area contributed by atoms with Crippen molar-refractivity contribution in [3.8, 4) is 0 Å². The Hall–Kier alpha value is -1.00. The highest BCUT2D eigenvalue weighted by Gasteiger charge is 2.13. The van der Waals surface area contributed by atoms with E-state index < -0.39 is 0 Å². The molecule has 0 saturated carbocycles. The van der Waals surface area contributed by atoms with Crippen molar-refractivity contribution in [3.63, 3.8) is 0 Å². The highest BCUT2D eigenvalue weighted by atomic mass is 35.5. The predicted molar refractivity (Wildman–Crippen MR) is 73.9 cm³/mol. The van der Waals surface area contributed by atoms with E-state index in [1.54, 1.807) is 11.3 Å². The Morgan fingerprint density at radius 1 is 1.47 bits per heavy atom. The van der Waals surface area contributed by atoms with Crippen LogP contribution in [-0.2, 0) is 19.5 Å². The van der Waals surface area contributed by atoms with Gasteiger partial charge in [0.2, 0.25) is 0 Å². The van der Waals surface area contributed by atoms with Crippen LogP contribution in [0.15, 0.2) is 16.8 Å². The maximum absolute atomic E-state index is 6.33. The van der Waals surface area contributed by atoms with Crippen LogP contribution in [0.4, 0.5) is 5.69 Å². The lowest BCUT2D eigenvalue weighted by atomic mass is 10.3. The summed E-state index contributed by atoms with van der Waals surface area (Å²) in [5.41, 5.74) is 3.18. The fourth-order valence-electron chi connectivity index (χ4n) is 1.74. The molecule has 2 aromatic heterocycles. The molecule has 0 aliphatic heterocycles. The van der Waals surface area contributed by atoms with Gasteiger partial charge in [0.1, 0.15) is 0 Å². The van der Waals surface area contributed by atoms with E-state index >= 15 is 0 Å². The fraction of sp³-hybridized carbons (Fsp3) is 0.417. The van der Waals surface area contributed by atoms with Gasteiger partial charge in [-0.15, -0.1) is 0 Å². The summed E-state index contributed by atoms with van der Waals surface area (Å²) in [6.07, 6.45) is 0.872. The first-order valence-corrected chi connectivity index (χ1v) is 7.08. The first-order valence-electron chi connectivity index (χ1n) is 5.76. The smallest absolute Gasteiger partial charge is 0.0868 e. The summed E-state index contributed by atoms with van der Waals surface area (Å²) in [6, 6.07) is 2.06. The van der Waals surface area contributed by atoms with Crippen molar-refractivity contribution in [1.82, 2.24) is 9.78 Å². The van der Waals surface area contributed by atoms with E-state index in [1.807, 2.05) is 4.68 Å². The van der Waals surface area contributed by atoms with E-state index in [1.165, 1.54) is 0 Å². The van der Waals surface area contributed by atoms with E-state index in [4.69, 9.17) is 11.6 Å². The Kier molecular flexibility index (Phi) is 4.07. The van der Waals surface area contributed by atoms with Crippen molar-refractivity contribution in [2.75, 3.05) is 5.32 Å². The molecule has 2 aromatic rings. The van der Waals surface area contributed by atoms with Gasteiger partial charge in [-0.25, -0.2) is 0 Å². The van der Waals surface area contributed by atoms with E-state index in [0.29, 0.717) is 0 Å². The summed E-state index contributed by atoms with van der Waals surface area (Å²) in [7, 11) is 0. The van der Waals surface area contributed by atoms with Gasteiger partial charge in [0.05, 0.1) is 23.0 Å². The molecule has 92 valence electrons. The number of halogens is 1. The normalized spacial score (nSPS) is 10.8. The molecule has 3 nitrogen and oxygen atoms in total. The minimum atomic E-state index is 0.719. The van der Waals surface area contributed by atoms with Crippen LogP contribution < -0.4 is 5.32 Å². The molecule has 0 bridgehead atoms. The first kappa shape index (κ1) is 12.5. The van der Waals surface area contributed by atoms with Crippen LogP contribution in [0.1, 0.15) is 25.2 Å². The Labute approximate surface area is 110 Å². The third-order valence-corrected chi connectivity index (χ3v) is 3.79. The SMILES string of the molecule is CCc1nn(CC)c(CNc2ccsc2)c1Cl. The number of thiophene rings is 1. The van der Waals surface area contributed by atoms with Gasteiger partial charge >= 0.3 is 0 Å². The number of nitrogens with one attached hydrogen (secondary N) is 1. The monoisotopic (exact) mass is 269 g/mol. The number of anilines is 1. The summed E-state index contributed by atoms with van der Waals surface area (Å²) in [5.74, 6) is 0. The molecule has 0 radical (unpaired) electrons. The van der Waals surface area contributed by atoms with Crippen molar-refractivity contribution in [3.05, 3.63) is 33.2 Å². The van der Waals surface area contributed by atoms with Gasteiger partial charge in [0, 0.05) is 17.6 Å². The third kappa shape index (κ3) is 2.64. The zero-order valence-electron chi connectivity index (χ0n) is 10.0. The largest absolute Gasteiger partial charge is 0.379 e. The van der Waals surface area contributed by atoms with Gasteiger partial charge in [0.25, 0.3) is 0 Å².